The molecule has 532 valence electrons. The lowest BCUT2D eigenvalue weighted by molar-refractivity contribution is 0.661. The summed E-state index contributed by atoms with van der Waals surface area (Å²) >= 11 is 0. The number of rotatable bonds is 6. The number of hydrogen-bond donors (Lipinski definition) is 0. The molecule has 4 nitrogen and oxygen atoms in total. The zero-order valence-corrected chi connectivity index (χ0v) is 64.1. The maximum Gasteiger partial charge on any atom is 0.0544 e. The molecule has 0 amide bonds. The molecular weight excluding hydrogens is 1350 g/mol. The molecule has 0 N–H and O–H groups in total. The van der Waals surface area contributed by atoms with Crippen molar-refractivity contribution in [3.8, 4) is 89.5 Å². The molecule has 0 spiro atoms. The van der Waals surface area contributed by atoms with Crippen LogP contribution in [0.3, 0.4) is 0 Å². The predicted molar refractivity (Wildman–Crippen MR) is 471 cm³/mol. The summed E-state index contributed by atoms with van der Waals surface area (Å²) < 4.78 is 9.86. The smallest absolute Gasteiger partial charge is 0.0544 e. The van der Waals surface area contributed by atoms with Gasteiger partial charge in [-0.05, 0) is 233 Å². The fourth-order valence-corrected chi connectivity index (χ4v) is 21.0. The Kier molecular flexibility index (Phi) is 13.4. The van der Waals surface area contributed by atoms with Crippen molar-refractivity contribution in [2.75, 3.05) is 0 Å². The van der Waals surface area contributed by atoms with Crippen LogP contribution >= 0.6 is 0 Å². The van der Waals surface area contributed by atoms with Gasteiger partial charge in [-0.1, -0.05) is 274 Å². The average molecular weight is 1430 g/mol. The summed E-state index contributed by atoms with van der Waals surface area (Å²) in [6, 6.07) is 127. The van der Waals surface area contributed by atoms with Gasteiger partial charge in [-0.25, -0.2) is 0 Å². The third-order valence-corrected chi connectivity index (χ3v) is 26.6. The van der Waals surface area contributed by atoms with Gasteiger partial charge in [0.25, 0.3) is 0 Å². The third-order valence-electron chi connectivity index (χ3n) is 26.6. The van der Waals surface area contributed by atoms with Crippen LogP contribution in [0.1, 0.15) is 99.9 Å². The lowest BCUT2D eigenvalue weighted by Crippen LogP contribution is -2.15. The first kappa shape index (κ1) is 64.7. The van der Waals surface area contributed by atoms with Crippen LogP contribution in [0.4, 0.5) is 0 Å². The van der Waals surface area contributed by atoms with Crippen molar-refractivity contribution in [2.24, 2.45) is 0 Å². The minimum absolute atomic E-state index is 0.0564. The summed E-state index contributed by atoms with van der Waals surface area (Å²) in [6.07, 6.45) is 0. The standard InChI is InChI=1S/2C54H40N2/c1-53(2)45-23-9-5-19-37(45)41-29-43-39-21-7-11-25-49(39)55(51(43)31-47(41)53)35-17-13-15-33(27-35)34-16-14-18-36(28-34)56-50-26-12-8-22-40(50)44-30-42-38-20-6-10-24-46(38)54(3,4)48(42)32-52(44)56;1-53(2)45-17-9-5-13-37(45)41-29-43-39-15-7-11-19-49(39)55(51(43)31-47(41)53)35-25-21-33(22-26-35)34-23-27-36(28-24-34)56-50-20-12-8-16-40(50)44-30-42-38-14-6-10-18-46(38)54(3,4)48(42)32-52(44)56/h2*5-32H,1-4H3. The average Bonchev–Trinajstić information content (AvgIpc) is 1.56. The Morgan fingerprint density at radius 1 is 0.152 bits per heavy atom. The first-order chi connectivity index (χ1) is 54.6. The van der Waals surface area contributed by atoms with Gasteiger partial charge in [-0.15, -0.1) is 0 Å². The molecule has 0 aliphatic heterocycles. The van der Waals surface area contributed by atoms with Gasteiger partial charge in [0.15, 0.2) is 0 Å². The molecule has 112 heavy (non-hydrogen) atoms. The molecule has 0 bridgehead atoms. The first-order valence-corrected chi connectivity index (χ1v) is 39.7. The Bertz CT molecular complexity index is 7030. The number of fused-ring (bicyclic) bond motifs is 24. The SMILES string of the molecule is CC1(C)c2ccccc2-c2cc3c4ccccc4n(-c4ccc(-c5ccc(-n6c7ccccc7c7cc8c(cc76)C(C)(C)c6ccccc6-8)cc5)cc4)c3cc21.CC1(C)c2ccccc2-c2cc3c4ccccc4n(-c4cccc(-c5cccc(-n6c7ccccc7c7cc8c(cc76)C(C)(C)c6ccccc6-8)c5)c4)c3cc21. The van der Waals surface area contributed by atoms with Gasteiger partial charge < -0.3 is 18.3 Å². The monoisotopic (exact) mass is 1430 g/mol. The largest absolute Gasteiger partial charge is 0.309 e. The van der Waals surface area contributed by atoms with E-state index >= 15 is 0 Å². The summed E-state index contributed by atoms with van der Waals surface area (Å²) in [5, 5.41) is 10.3. The zero-order valence-electron chi connectivity index (χ0n) is 64.1. The molecule has 4 aromatic heterocycles. The van der Waals surface area contributed by atoms with Crippen LogP contribution in [-0.4, -0.2) is 18.3 Å². The van der Waals surface area contributed by atoms with E-state index in [-0.39, 0.29) is 21.7 Å². The highest BCUT2D eigenvalue weighted by Gasteiger charge is 2.41. The summed E-state index contributed by atoms with van der Waals surface area (Å²) in [7, 11) is 0. The van der Waals surface area contributed by atoms with Crippen LogP contribution in [0, 0.1) is 0 Å². The summed E-state index contributed by atoms with van der Waals surface area (Å²) in [5.41, 5.74) is 41.2. The normalized spacial score (nSPS) is 14.7. The van der Waals surface area contributed by atoms with Crippen molar-refractivity contribution in [2.45, 2.75) is 77.0 Å². The van der Waals surface area contributed by atoms with Crippen LogP contribution < -0.4 is 0 Å². The summed E-state index contributed by atoms with van der Waals surface area (Å²) in [6.45, 7) is 18.9. The van der Waals surface area contributed by atoms with Gasteiger partial charge in [0.2, 0.25) is 0 Å². The van der Waals surface area contributed by atoms with E-state index in [2.05, 4.69) is 413 Å². The van der Waals surface area contributed by atoms with Crippen LogP contribution in [0.2, 0.25) is 0 Å². The van der Waals surface area contributed by atoms with Crippen molar-refractivity contribution in [1.29, 1.82) is 0 Å². The quantitative estimate of drug-likeness (QED) is 0.158. The van der Waals surface area contributed by atoms with Gasteiger partial charge in [-0.3, -0.25) is 0 Å². The molecule has 0 fully saturated rings. The van der Waals surface area contributed by atoms with Gasteiger partial charge >= 0.3 is 0 Å². The highest BCUT2D eigenvalue weighted by Crippen LogP contribution is 2.56. The topological polar surface area (TPSA) is 19.7 Å². The minimum Gasteiger partial charge on any atom is -0.309 e. The highest BCUT2D eigenvalue weighted by atomic mass is 15.0. The summed E-state index contributed by atoms with van der Waals surface area (Å²) in [5.74, 6) is 0. The number of nitrogens with zero attached hydrogens (tertiary/aromatic N) is 4. The van der Waals surface area contributed by atoms with Gasteiger partial charge in [-0.2, -0.15) is 0 Å². The number of aromatic nitrogens is 4. The maximum absolute atomic E-state index is 2.48. The number of hydrogen-bond acceptors (Lipinski definition) is 0. The third kappa shape index (κ3) is 8.95. The van der Waals surface area contributed by atoms with E-state index in [0.29, 0.717) is 0 Å². The molecule has 0 saturated carbocycles. The Morgan fingerprint density at radius 2 is 0.393 bits per heavy atom. The zero-order chi connectivity index (χ0) is 75.0. The predicted octanol–water partition coefficient (Wildman–Crippen LogP) is 28.3. The van der Waals surface area contributed by atoms with Crippen molar-refractivity contribution >= 4 is 87.2 Å². The Hall–Kier alpha value is -13.3. The number of para-hydroxylation sites is 4. The van der Waals surface area contributed by atoms with Crippen molar-refractivity contribution in [3.63, 3.8) is 0 Å². The van der Waals surface area contributed by atoms with Crippen LogP contribution in [-0.2, 0) is 21.7 Å². The Balaban J connectivity index is 0.000000134. The van der Waals surface area contributed by atoms with Gasteiger partial charge in [0, 0.05) is 87.5 Å². The molecule has 0 saturated heterocycles. The molecule has 4 aliphatic rings. The second-order valence-corrected chi connectivity index (χ2v) is 33.9. The van der Waals surface area contributed by atoms with Gasteiger partial charge in [0.1, 0.15) is 0 Å². The van der Waals surface area contributed by atoms with Crippen LogP contribution in [0.25, 0.3) is 177 Å². The van der Waals surface area contributed by atoms with Crippen molar-refractivity contribution in [3.05, 3.63) is 384 Å². The molecule has 4 aliphatic carbocycles. The lowest BCUT2D eigenvalue weighted by atomic mass is 9.82. The van der Waals surface area contributed by atoms with E-state index in [1.54, 1.807) is 0 Å². The van der Waals surface area contributed by atoms with E-state index in [9.17, 15) is 0 Å². The molecule has 4 heterocycles. The molecule has 20 aromatic rings. The Labute approximate surface area is 652 Å². The van der Waals surface area contributed by atoms with E-state index in [1.165, 1.54) is 221 Å². The fourth-order valence-electron chi connectivity index (χ4n) is 21.0. The fraction of sp³-hybridized carbons (Fsp3) is 0.111. The van der Waals surface area contributed by atoms with E-state index in [1.807, 2.05) is 0 Å². The highest BCUT2D eigenvalue weighted by molar-refractivity contribution is 6.16. The summed E-state index contributed by atoms with van der Waals surface area (Å²) in [4.78, 5) is 0. The van der Waals surface area contributed by atoms with Crippen molar-refractivity contribution in [1.82, 2.24) is 18.3 Å². The first-order valence-electron chi connectivity index (χ1n) is 39.7. The number of benzene rings is 16. The van der Waals surface area contributed by atoms with E-state index in [0.717, 1.165) is 0 Å². The second-order valence-electron chi connectivity index (χ2n) is 33.9. The lowest BCUT2D eigenvalue weighted by Gasteiger charge is -2.22. The second kappa shape index (κ2) is 23.1. The Morgan fingerprint density at radius 3 is 0.670 bits per heavy atom. The maximum atomic E-state index is 2.48. The van der Waals surface area contributed by atoms with Crippen molar-refractivity contribution < 1.29 is 0 Å². The molecule has 0 radical (unpaired) electrons. The molecule has 0 unspecified atom stereocenters. The molecule has 4 heteroatoms. The molecular formula is C108H80N4. The molecule has 24 rings (SSSR count). The van der Waals surface area contributed by atoms with Gasteiger partial charge in [0.05, 0.1) is 44.1 Å². The molecule has 0 atom stereocenters. The molecule has 16 aromatic carbocycles. The minimum atomic E-state index is -0.0731. The van der Waals surface area contributed by atoms with Crippen LogP contribution in [0.15, 0.2) is 340 Å². The van der Waals surface area contributed by atoms with Crippen LogP contribution in [0.5, 0.6) is 0 Å². The van der Waals surface area contributed by atoms with E-state index < -0.39 is 0 Å². The van der Waals surface area contributed by atoms with E-state index in [4.69, 9.17) is 0 Å².